The number of carbonyl (C=O) groups excluding carboxylic acids is 3. The van der Waals surface area contributed by atoms with Crippen LogP contribution < -0.4 is 10.6 Å². The smallest absolute Gasteiger partial charge is 0.265 e. The first-order chi connectivity index (χ1) is 14.9. The van der Waals surface area contributed by atoms with Crippen molar-refractivity contribution in [3.05, 3.63) is 80.5 Å². The summed E-state index contributed by atoms with van der Waals surface area (Å²) in [5.74, 6) is -1.01. The second-order valence-corrected chi connectivity index (χ2v) is 8.24. The monoisotopic (exact) mass is 475 g/mol. The van der Waals surface area contributed by atoms with Gasteiger partial charge in [0.1, 0.15) is 6.54 Å². The lowest BCUT2D eigenvalue weighted by molar-refractivity contribution is -0.116. The van der Waals surface area contributed by atoms with Gasteiger partial charge in [0.15, 0.2) is 0 Å². The van der Waals surface area contributed by atoms with Crippen molar-refractivity contribution < 1.29 is 14.4 Å². The van der Waals surface area contributed by atoms with E-state index in [1.54, 1.807) is 61.5 Å². The summed E-state index contributed by atoms with van der Waals surface area (Å²) in [5.41, 5.74) is 1.15. The molecule has 1 aromatic heterocycles. The van der Waals surface area contributed by atoms with Crippen LogP contribution in [0.2, 0.25) is 10.0 Å². The van der Waals surface area contributed by atoms with Crippen molar-refractivity contribution in [1.29, 1.82) is 0 Å². The number of thiophene rings is 1. The summed E-state index contributed by atoms with van der Waals surface area (Å²) in [6.07, 6.45) is 0. The average Bonchev–Trinajstić information content (AvgIpc) is 3.29. The predicted molar refractivity (Wildman–Crippen MR) is 125 cm³/mol. The molecule has 0 bridgehead atoms. The Bertz CT molecular complexity index is 1080. The second-order valence-electron chi connectivity index (χ2n) is 6.48. The van der Waals surface area contributed by atoms with Crippen LogP contribution in [0.15, 0.2) is 60.0 Å². The van der Waals surface area contributed by atoms with Gasteiger partial charge in [-0.3, -0.25) is 14.4 Å². The molecule has 2 N–H and O–H groups in total. The number of anilines is 2. The molecule has 0 fully saturated rings. The number of halogens is 2. The highest BCUT2D eigenvalue weighted by Gasteiger charge is 2.19. The van der Waals surface area contributed by atoms with Gasteiger partial charge < -0.3 is 15.5 Å². The van der Waals surface area contributed by atoms with E-state index in [9.17, 15) is 14.4 Å². The molecule has 0 spiro atoms. The number of amides is 3. The number of rotatable bonds is 7. The molecule has 1 heterocycles. The summed E-state index contributed by atoms with van der Waals surface area (Å²) in [6.45, 7) is 1.91. The maximum Gasteiger partial charge on any atom is 0.265 e. The number of para-hydroxylation sites is 1. The zero-order chi connectivity index (χ0) is 22.4. The van der Waals surface area contributed by atoms with Crippen LogP contribution in [0.1, 0.15) is 27.0 Å². The number of hydrogen-bond donors (Lipinski definition) is 2. The minimum atomic E-state index is -0.424. The van der Waals surface area contributed by atoms with Gasteiger partial charge in [0.05, 0.1) is 20.6 Å². The molecule has 3 rings (SSSR count). The Morgan fingerprint density at radius 2 is 1.68 bits per heavy atom. The van der Waals surface area contributed by atoms with Gasteiger partial charge in [0, 0.05) is 17.8 Å². The Labute approximate surface area is 193 Å². The highest BCUT2D eigenvalue weighted by Crippen LogP contribution is 2.29. The summed E-state index contributed by atoms with van der Waals surface area (Å²) >= 11 is 13.5. The van der Waals surface area contributed by atoms with Crippen molar-refractivity contribution in [2.45, 2.75) is 6.92 Å². The van der Waals surface area contributed by atoms with Crippen molar-refractivity contribution in [2.24, 2.45) is 0 Å². The molecule has 160 valence electrons. The number of nitrogens with one attached hydrogen (secondary N) is 2. The van der Waals surface area contributed by atoms with Crippen LogP contribution in [-0.2, 0) is 4.79 Å². The van der Waals surface area contributed by atoms with Crippen molar-refractivity contribution in [1.82, 2.24) is 4.90 Å². The molecule has 6 nitrogen and oxygen atoms in total. The van der Waals surface area contributed by atoms with E-state index in [1.807, 2.05) is 5.38 Å². The van der Waals surface area contributed by atoms with Gasteiger partial charge in [0.2, 0.25) is 5.91 Å². The summed E-state index contributed by atoms with van der Waals surface area (Å²) in [7, 11) is 0. The fourth-order valence-electron chi connectivity index (χ4n) is 2.81. The van der Waals surface area contributed by atoms with Crippen molar-refractivity contribution >= 4 is 63.6 Å². The lowest BCUT2D eigenvalue weighted by atomic mass is 10.1. The molecule has 31 heavy (non-hydrogen) atoms. The van der Waals surface area contributed by atoms with E-state index >= 15 is 0 Å². The van der Waals surface area contributed by atoms with Crippen LogP contribution in [0.25, 0.3) is 0 Å². The van der Waals surface area contributed by atoms with Gasteiger partial charge in [-0.25, -0.2) is 0 Å². The molecule has 3 aromatic rings. The summed E-state index contributed by atoms with van der Waals surface area (Å²) in [6, 6.07) is 15.0. The molecule has 0 aliphatic rings. The number of nitrogens with zero attached hydrogens (tertiary/aromatic N) is 1. The summed E-state index contributed by atoms with van der Waals surface area (Å²) < 4.78 is 0. The van der Waals surface area contributed by atoms with E-state index in [4.69, 9.17) is 23.2 Å². The quantitative estimate of drug-likeness (QED) is 0.479. The Kier molecular flexibility index (Phi) is 7.68. The SMILES string of the molecule is CCN(CC(=O)Nc1c(Cl)cccc1Cl)C(=O)c1cccc(NC(=O)c2cccs2)c1. The first-order valence-electron chi connectivity index (χ1n) is 9.37. The first-order valence-corrected chi connectivity index (χ1v) is 11.0. The normalized spacial score (nSPS) is 10.4. The fraction of sp³-hybridized carbons (Fsp3) is 0.136. The molecule has 0 aliphatic carbocycles. The van der Waals surface area contributed by atoms with Crippen LogP contribution in [0, 0.1) is 0 Å². The summed E-state index contributed by atoms with van der Waals surface area (Å²) in [4.78, 5) is 39.6. The molecule has 0 unspecified atom stereocenters. The molecular formula is C22H19Cl2N3O3S. The zero-order valence-electron chi connectivity index (χ0n) is 16.5. The molecular weight excluding hydrogens is 457 g/mol. The Hall–Kier alpha value is -2.87. The predicted octanol–water partition coefficient (Wildman–Crippen LogP) is 5.41. The van der Waals surface area contributed by atoms with Gasteiger partial charge in [-0.2, -0.15) is 0 Å². The van der Waals surface area contributed by atoms with E-state index in [1.165, 1.54) is 16.2 Å². The van der Waals surface area contributed by atoms with E-state index in [0.717, 1.165) is 0 Å². The molecule has 2 aromatic carbocycles. The molecule has 0 atom stereocenters. The van der Waals surface area contributed by atoms with Gasteiger partial charge in [-0.15, -0.1) is 11.3 Å². The topological polar surface area (TPSA) is 78.5 Å². The number of carbonyl (C=O) groups is 3. The highest BCUT2D eigenvalue weighted by molar-refractivity contribution is 7.12. The van der Waals surface area contributed by atoms with E-state index in [2.05, 4.69) is 10.6 Å². The minimum absolute atomic E-state index is 0.178. The Morgan fingerprint density at radius 3 is 2.32 bits per heavy atom. The highest BCUT2D eigenvalue weighted by atomic mass is 35.5. The van der Waals surface area contributed by atoms with Crippen LogP contribution in [-0.4, -0.2) is 35.7 Å². The van der Waals surface area contributed by atoms with Gasteiger partial charge in [-0.05, 0) is 48.7 Å². The largest absolute Gasteiger partial charge is 0.330 e. The standard InChI is InChI=1S/C22H19Cl2N3O3S/c1-2-27(13-19(28)26-20-16(23)8-4-9-17(20)24)22(30)14-6-3-7-15(12-14)25-21(29)18-10-5-11-31-18/h3-12H,2,13H2,1H3,(H,25,29)(H,26,28). The molecule has 0 saturated heterocycles. The maximum absolute atomic E-state index is 12.9. The Balaban J connectivity index is 1.68. The first kappa shape index (κ1) is 22.8. The van der Waals surface area contributed by atoms with Crippen molar-refractivity contribution in [3.63, 3.8) is 0 Å². The van der Waals surface area contributed by atoms with Crippen LogP contribution in [0.3, 0.4) is 0 Å². The second kappa shape index (κ2) is 10.4. The van der Waals surface area contributed by atoms with E-state index in [-0.39, 0.29) is 18.4 Å². The van der Waals surface area contributed by atoms with Crippen LogP contribution >= 0.6 is 34.5 Å². The van der Waals surface area contributed by atoms with Crippen molar-refractivity contribution in [2.75, 3.05) is 23.7 Å². The lowest BCUT2D eigenvalue weighted by Crippen LogP contribution is -2.38. The fourth-order valence-corrected chi connectivity index (χ4v) is 3.92. The lowest BCUT2D eigenvalue weighted by Gasteiger charge is -2.21. The van der Waals surface area contributed by atoms with Gasteiger partial charge in [0.25, 0.3) is 11.8 Å². The molecule has 0 aliphatic heterocycles. The van der Waals surface area contributed by atoms with Crippen LogP contribution in [0.4, 0.5) is 11.4 Å². The molecule has 3 amide bonds. The van der Waals surface area contributed by atoms with Crippen LogP contribution in [0.5, 0.6) is 0 Å². The third kappa shape index (κ3) is 5.85. The number of likely N-dealkylation sites (N-methyl/N-ethyl adjacent to an activating group) is 1. The van der Waals surface area contributed by atoms with Gasteiger partial charge >= 0.3 is 0 Å². The number of benzene rings is 2. The molecule has 0 saturated carbocycles. The third-order valence-electron chi connectivity index (χ3n) is 4.34. The third-order valence-corrected chi connectivity index (χ3v) is 5.84. The average molecular weight is 476 g/mol. The maximum atomic E-state index is 12.9. The van der Waals surface area contributed by atoms with E-state index < -0.39 is 5.91 Å². The van der Waals surface area contributed by atoms with Crippen molar-refractivity contribution in [3.8, 4) is 0 Å². The number of hydrogen-bond acceptors (Lipinski definition) is 4. The zero-order valence-corrected chi connectivity index (χ0v) is 18.9. The minimum Gasteiger partial charge on any atom is -0.330 e. The summed E-state index contributed by atoms with van der Waals surface area (Å²) in [5, 5.41) is 7.86. The Morgan fingerprint density at radius 1 is 0.968 bits per heavy atom. The molecule has 0 radical (unpaired) electrons. The van der Waals surface area contributed by atoms with E-state index in [0.29, 0.717) is 38.4 Å². The van der Waals surface area contributed by atoms with Gasteiger partial charge in [-0.1, -0.05) is 41.4 Å². The molecule has 9 heteroatoms.